The van der Waals surface area contributed by atoms with E-state index in [0.29, 0.717) is 0 Å². The molecule has 0 amide bonds. The van der Waals surface area contributed by atoms with Gasteiger partial charge in [0.1, 0.15) is 0 Å². The maximum Gasteiger partial charge on any atom is 1.00 e. The van der Waals surface area contributed by atoms with Gasteiger partial charge in [0.2, 0.25) is 0 Å². The van der Waals surface area contributed by atoms with Gasteiger partial charge in [0.25, 0.3) is 0 Å². The van der Waals surface area contributed by atoms with Gasteiger partial charge < -0.3 is 40.6 Å². The predicted molar refractivity (Wildman–Crippen MR) is 49.9 cm³/mol. The van der Waals surface area contributed by atoms with E-state index in [2.05, 4.69) is 0 Å². The van der Waals surface area contributed by atoms with Crippen LogP contribution < -0.4 is 71.7 Å². The van der Waals surface area contributed by atoms with E-state index in [0.717, 1.165) is 0 Å². The smallest absolute Gasteiger partial charge is 0.907 e. The number of hydrogen-bond donors (Lipinski definition) is 5. The molecule has 0 unspecified atom stereocenters. The Morgan fingerprint density at radius 2 is 0.720 bits per heavy atom. The van der Waals surface area contributed by atoms with Crippen molar-refractivity contribution >= 4 is 37.2 Å². The van der Waals surface area contributed by atoms with Crippen molar-refractivity contribution in [2.45, 2.75) is 6.43 Å². The molecule has 5 N–H and O–H groups in total. The fourth-order valence-electron chi connectivity index (χ4n) is 0. The van der Waals surface area contributed by atoms with Crippen molar-refractivity contribution in [2.75, 3.05) is 0 Å². The number of carbonyl (C=O) groups is 5. The van der Waals surface area contributed by atoms with Crippen molar-refractivity contribution < 1.29 is 130 Å². The van der Waals surface area contributed by atoms with Gasteiger partial charge in [-0.15, -0.1) is 0 Å². The summed E-state index contributed by atoms with van der Waals surface area (Å²) in [6, 6.07) is 0. The van der Waals surface area contributed by atoms with Gasteiger partial charge >= 0.3 is 92.9 Å². The molecule has 0 saturated heterocycles. The van der Waals surface area contributed by atoms with Gasteiger partial charge in [0, 0.05) is 0 Å². The molecule has 0 aliphatic carbocycles. The van der Waals surface area contributed by atoms with E-state index in [9.17, 15) is 8.78 Å². The number of carboxylic acid groups (broad SMARTS) is 5. The molecule has 13 nitrogen and oxygen atoms in total. The third-order valence-electron chi connectivity index (χ3n) is 0.553. The van der Waals surface area contributed by atoms with E-state index in [1.807, 2.05) is 0 Å². The third-order valence-corrected chi connectivity index (χ3v) is 0.553. The van der Waals surface area contributed by atoms with E-state index in [1.54, 1.807) is 0 Å². The van der Waals surface area contributed by atoms with Crippen LogP contribution in [0.1, 0.15) is 0 Å². The molecular formula is C6H6BF2Li3O13. The van der Waals surface area contributed by atoms with Crippen molar-refractivity contribution in [3.8, 4) is 0 Å². The fourth-order valence-corrected chi connectivity index (χ4v) is 0. The van der Waals surface area contributed by atoms with Crippen molar-refractivity contribution in [1.29, 1.82) is 0 Å². The number of hydrogen-bond acceptors (Lipinski definition) is 8. The first-order chi connectivity index (χ1) is 9.66. The second-order valence-corrected chi connectivity index (χ2v) is 2.15. The zero-order valence-electron chi connectivity index (χ0n) is 12.9. The molecule has 0 aliphatic heterocycles. The van der Waals surface area contributed by atoms with Gasteiger partial charge in [0.15, 0.2) is 0 Å². The van der Waals surface area contributed by atoms with Crippen molar-refractivity contribution in [2.24, 2.45) is 0 Å². The minimum absolute atomic E-state index is 0. The van der Waals surface area contributed by atoms with Crippen LogP contribution in [0.25, 0.3) is 0 Å². The quantitative estimate of drug-likeness (QED) is 0.216. The zero-order chi connectivity index (χ0) is 19.0. The van der Waals surface area contributed by atoms with Crippen LogP contribution >= 0.6 is 0 Å². The van der Waals surface area contributed by atoms with E-state index < -0.39 is 43.6 Å². The Morgan fingerprint density at radius 1 is 0.640 bits per heavy atom. The summed E-state index contributed by atoms with van der Waals surface area (Å²) < 4.78 is 21.1. The number of carboxylic acids is 5. The molecular weight excluding hydrogens is 350 g/mol. The Kier molecular flexibility index (Phi) is 48.8. The van der Waals surface area contributed by atoms with Crippen molar-refractivity contribution in [1.82, 2.24) is 0 Å². The summed E-state index contributed by atoms with van der Waals surface area (Å²) in [6.45, 7) is 0. The van der Waals surface area contributed by atoms with Gasteiger partial charge in [-0.25, -0.2) is 24.0 Å². The number of halogens is 2. The van der Waals surface area contributed by atoms with Gasteiger partial charge in [-0.2, -0.15) is 8.78 Å². The first-order valence-electron chi connectivity index (χ1n) is 4.07. The molecule has 0 rings (SSSR count). The van der Waals surface area contributed by atoms with Crippen molar-refractivity contribution in [3.05, 3.63) is 0 Å². The predicted octanol–water partition coefficient (Wildman–Crippen LogP) is -14.3. The average Bonchev–Trinajstić information content (AvgIpc) is 2.29. The van der Waals surface area contributed by atoms with Crippen LogP contribution in [0.3, 0.4) is 0 Å². The van der Waals surface area contributed by atoms with Crippen LogP contribution in [0.2, 0.25) is 0 Å². The average molecular weight is 356 g/mol. The standard InChI is InChI=1S/C2H2F2O2.2C2H2O4.BO3.3Li/c3*3-1(4)2(5)6;2-1(3)4;;;/h1H,(H,5,6);2*(H,3,4)(H,5,6);;;;/q;;;-3;3*+1. The molecule has 0 atom stereocenters. The molecule has 25 heavy (non-hydrogen) atoms. The minimum Gasteiger partial charge on any atom is -0.907 e. The molecule has 0 aromatic rings. The summed E-state index contributed by atoms with van der Waals surface area (Å²) in [6.07, 6.45) is -3.23. The van der Waals surface area contributed by atoms with E-state index in [1.165, 1.54) is 0 Å². The molecule has 128 valence electrons. The Balaban J connectivity index is -0.0000000336. The summed E-state index contributed by atoms with van der Waals surface area (Å²) in [7, 11) is -2.92. The van der Waals surface area contributed by atoms with Crippen LogP contribution in [0, 0.1) is 0 Å². The van der Waals surface area contributed by atoms with Crippen LogP contribution in [0.15, 0.2) is 0 Å². The summed E-state index contributed by atoms with van der Waals surface area (Å²) in [4.78, 5) is 45.3. The first kappa shape index (κ1) is 43.9. The van der Waals surface area contributed by atoms with Gasteiger partial charge in [-0.3, -0.25) is 7.32 Å². The topological polar surface area (TPSA) is 256 Å². The number of rotatable bonds is 1. The molecule has 0 saturated carbocycles. The molecule has 0 aromatic carbocycles. The van der Waals surface area contributed by atoms with Crippen LogP contribution in [-0.4, -0.2) is 69.1 Å². The Morgan fingerprint density at radius 3 is 0.720 bits per heavy atom. The normalized spacial score (nSPS) is 6.80. The minimum atomic E-state index is -3.23. The summed E-state index contributed by atoms with van der Waals surface area (Å²) in [5, 5.41) is 62.1. The van der Waals surface area contributed by atoms with Crippen molar-refractivity contribution in [3.63, 3.8) is 0 Å². The van der Waals surface area contributed by atoms with Crippen LogP contribution in [-0.2, 0) is 24.0 Å². The van der Waals surface area contributed by atoms with E-state index >= 15 is 0 Å². The SMILES string of the molecule is O=C(O)C(=O)O.O=C(O)C(=O)O.O=C(O)C(F)F.[Li+].[Li+].[Li+].[O-]B([O-])[O-]. The van der Waals surface area contributed by atoms with Gasteiger partial charge in [-0.1, -0.05) is 0 Å². The first-order valence-corrected chi connectivity index (χ1v) is 4.07. The molecule has 0 heterocycles. The monoisotopic (exact) mass is 356 g/mol. The molecule has 0 aromatic heterocycles. The largest absolute Gasteiger partial charge is 1.00 e. The molecule has 0 spiro atoms. The second kappa shape index (κ2) is 27.8. The fraction of sp³-hybridized carbons (Fsp3) is 0.167. The van der Waals surface area contributed by atoms with Crippen LogP contribution in [0.4, 0.5) is 8.78 Å². The summed E-state index contributed by atoms with van der Waals surface area (Å²) in [5.41, 5.74) is 0. The zero-order valence-corrected chi connectivity index (χ0v) is 12.9. The summed E-state index contributed by atoms with van der Waals surface area (Å²) in [5.74, 6) is -9.37. The molecule has 0 aliphatic rings. The van der Waals surface area contributed by atoms with Crippen LogP contribution in [0.5, 0.6) is 0 Å². The Labute approximate surface area is 173 Å². The molecule has 0 bridgehead atoms. The maximum atomic E-state index is 10.6. The van der Waals surface area contributed by atoms with Gasteiger partial charge in [0.05, 0.1) is 0 Å². The molecule has 0 fully saturated rings. The maximum absolute atomic E-state index is 10.6. The molecule has 19 heteroatoms. The van der Waals surface area contributed by atoms with E-state index in [4.69, 9.17) is 64.6 Å². The summed E-state index contributed by atoms with van der Waals surface area (Å²) >= 11 is 0. The number of aliphatic carboxylic acids is 5. The Bertz CT molecular complexity index is 343. The van der Waals surface area contributed by atoms with Gasteiger partial charge in [-0.05, 0) is 0 Å². The van der Waals surface area contributed by atoms with E-state index in [-0.39, 0.29) is 56.6 Å². The Hall–Kier alpha value is -1.05. The molecule has 0 radical (unpaired) electrons. The third kappa shape index (κ3) is 84.0. The number of alkyl halides is 2. The second-order valence-electron chi connectivity index (χ2n) is 2.15.